The first-order valence-electron chi connectivity index (χ1n) is 8.57. The molecule has 0 unspecified atom stereocenters. The standard InChI is InChI=1S/C22H18N2O4/c1-15(25)23-19-9-5-8-17(14-19)22(27)28-20-12-10-18(11-13-20)24-21(26)16-6-3-2-4-7-16/h2-14H,1H3,(H,23,25)(H,24,26). The van der Waals surface area contributed by atoms with Crippen molar-refractivity contribution >= 4 is 29.2 Å². The fourth-order valence-electron chi connectivity index (χ4n) is 2.49. The minimum absolute atomic E-state index is 0.222. The van der Waals surface area contributed by atoms with Crippen LogP contribution in [0, 0.1) is 0 Å². The minimum atomic E-state index is -0.548. The van der Waals surface area contributed by atoms with E-state index in [0.717, 1.165) is 0 Å². The number of amides is 2. The number of carbonyl (C=O) groups excluding carboxylic acids is 3. The van der Waals surface area contributed by atoms with Crippen LogP contribution in [0.5, 0.6) is 5.75 Å². The fourth-order valence-corrected chi connectivity index (χ4v) is 2.49. The molecule has 0 aromatic heterocycles. The number of ether oxygens (including phenoxy) is 1. The number of esters is 1. The van der Waals surface area contributed by atoms with Crippen LogP contribution in [-0.4, -0.2) is 17.8 Å². The minimum Gasteiger partial charge on any atom is -0.423 e. The fraction of sp³-hybridized carbons (Fsp3) is 0.0455. The van der Waals surface area contributed by atoms with Crippen LogP contribution in [0.3, 0.4) is 0 Å². The maximum Gasteiger partial charge on any atom is 0.343 e. The zero-order chi connectivity index (χ0) is 19.9. The molecule has 3 rings (SSSR count). The molecule has 0 spiro atoms. The van der Waals surface area contributed by atoms with Crippen molar-refractivity contribution in [3.63, 3.8) is 0 Å². The molecule has 2 amide bonds. The Morgan fingerprint density at radius 2 is 1.39 bits per heavy atom. The zero-order valence-corrected chi connectivity index (χ0v) is 15.1. The Morgan fingerprint density at radius 1 is 0.714 bits per heavy atom. The summed E-state index contributed by atoms with van der Waals surface area (Å²) >= 11 is 0. The highest BCUT2D eigenvalue weighted by molar-refractivity contribution is 6.04. The molecule has 3 aromatic carbocycles. The third kappa shape index (κ3) is 5.04. The Balaban J connectivity index is 1.63. The van der Waals surface area contributed by atoms with E-state index in [1.807, 2.05) is 6.07 Å². The second-order valence-corrected chi connectivity index (χ2v) is 6.00. The smallest absolute Gasteiger partial charge is 0.343 e. The average Bonchev–Trinajstić information content (AvgIpc) is 2.70. The van der Waals surface area contributed by atoms with E-state index in [2.05, 4.69) is 10.6 Å². The molecule has 6 heteroatoms. The molecule has 28 heavy (non-hydrogen) atoms. The van der Waals surface area contributed by atoms with Gasteiger partial charge in [-0.2, -0.15) is 0 Å². The van der Waals surface area contributed by atoms with Crippen LogP contribution in [0.1, 0.15) is 27.6 Å². The molecule has 2 N–H and O–H groups in total. The lowest BCUT2D eigenvalue weighted by Crippen LogP contribution is -2.12. The summed E-state index contributed by atoms with van der Waals surface area (Å²) in [6.07, 6.45) is 0. The van der Waals surface area contributed by atoms with Gasteiger partial charge >= 0.3 is 5.97 Å². The quantitative estimate of drug-likeness (QED) is 0.520. The first kappa shape index (κ1) is 18.8. The lowest BCUT2D eigenvalue weighted by atomic mass is 10.2. The summed E-state index contributed by atoms with van der Waals surface area (Å²) in [6, 6.07) is 21.8. The van der Waals surface area contributed by atoms with Crippen molar-refractivity contribution < 1.29 is 19.1 Å². The summed E-state index contributed by atoms with van der Waals surface area (Å²) in [7, 11) is 0. The second-order valence-electron chi connectivity index (χ2n) is 6.00. The van der Waals surface area contributed by atoms with Crippen LogP contribution in [0.15, 0.2) is 78.9 Å². The highest BCUT2D eigenvalue weighted by Crippen LogP contribution is 2.19. The van der Waals surface area contributed by atoms with Crippen molar-refractivity contribution in [1.29, 1.82) is 0 Å². The van der Waals surface area contributed by atoms with E-state index >= 15 is 0 Å². The summed E-state index contributed by atoms with van der Waals surface area (Å²) < 4.78 is 5.34. The van der Waals surface area contributed by atoms with E-state index in [9.17, 15) is 14.4 Å². The van der Waals surface area contributed by atoms with Crippen molar-refractivity contribution in [2.24, 2.45) is 0 Å². The third-order valence-corrected chi connectivity index (χ3v) is 3.78. The molecule has 0 atom stereocenters. The summed E-state index contributed by atoms with van der Waals surface area (Å²) in [5.74, 6) is -0.653. The number of rotatable bonds is 5. The van der Waals surface area contributed by atoms with Gasteiger partial charge in [0.1, 0.15) is 5.75 Å². The second kappa shape index (κ2) is 8.64. The van der Waals surface area contributed by atoms with Gasteiger partial charge in [0.25, 0.3) is 5.91 Å². The van der Waals surface area contributed by atoms with Gasteiger partial charge < -0.3 is 15.4 Å². The van der Waals surface area contributed by atoms with Gasteiger partial charge in [-0.25, -0.2) is 4.79 Å². The van der Waals surface area contributed by atoms with Crippen molar-refractivity contribution in [2.75, 3.05) is 10.6 Å². The van der Waals surface area contributed by atoms with E-state index in [4.69, 9.17) is 4.74 Å². The molecule has 140 valence electrons. The van der Waals surface area contributed by atoms with Crippen LogP contribution in [0.4, 0.5) is 11.4 Å². The molecular formula is C22H18N2O4. The molecule has 0 fully saturated rings. The zero-order valence-electron chi connectivity index (χ0n) is 15.1. The monoisotopic (exact) mass is 374 g/mol. The number of carbonyl (C=O) groups is 3. The predicted octanol–water partition coefficient (Wildman–Crippen LogP) is 4.12. The maximum absolute atomic E-state index is 12.3. The molecular weight excluding hydrogens is 356 g/mol. The predicted molar refractivity (Wildman–Crippen MR) is 107 cm³/mol. The van der Waals surface area contributed by atoms with Gasteiger partial charge in [0.05, 0.1) is 5.56 Å². The highest BCUT2D eigenvalue weighted by Gasteiger charge is 2.10. The van der Waals surface area contributed by atoms with Gasteiger partial charge in [0.2, 0.25) is 5.91 Å². The van der Waals surface area contributed by atoms with E-state index in [1.54, 1.807) is 66.7 Å². The van der Waals surface area contributed by atoms with Crippen LogP contribution in [-0.2, 0) is 4.79 Å². The molecule has 0 aliphatic rings. The number of benzene rings is 3. The molecule has 0 heterocycles. The van der Waals surface area contributed by atoms with Gasteiger partial charge in [0.15, 0.2) is 0 Å². The molecule has 0 saturated carbocycles. The third-order valence-electron chi connectivity index (χ3n) is 3.78. The average molecular weight is 374 g/mol. The summed E-state index contributed by atoms with van der Waals surface area (Å²) in [5, 5.41) is 5.39. The number of hydrogen-bond donors (Lipinski definition) is 2. The van der Waals surface area contributed by atoms with Gasteiger partial charge in [-0.05, 0) is 54.6 Å². The summed E-state index contributed by atoms with van der Waals surface area (Å²) in [5.41, 5.74) is 1.96. The molecule has 0 aliphatic carbocycles. The Kier molecular flexibility index (Phi) is 5.81. The number of nitrogens with one attached hydrogen (secondary N) is 2. The van der Waals surface area contributed by atoms with Crippen LogP contribution in [0.2, 0.25) is 0 Å². The largest absolute Gasteiger partial charge is 0.423 e. The topological polar surface area (TPSA) is 84.5 Å². The van der Waals surface area contributed by atoms with Crippen molar-refractivity contribution in [2.45, 2.75) is 6.92 Å². The van der Waals surface area contributed by atoms with E-state index in [1.165, 1.54) is 13.0 Å². The first-order chi connectivity index (χ1) is 13.5. The molecule has 0 aliphatic heterocycles. The Hall–Kier alpha value is -3.93. The van der Waals surface area contributed by atoms with Crippen molar-refractivity contribution in [3.8, 4) is 5.75 Å². The molecule has 6 nitrogen and oxygen atoms in total. The first-order valence-corrected chi connectivity index (χ1v) is 8.57. The van der Waals surface area contributed by atoms with Crippen LogP contribution >= 0.6 is 0 Å². The normalized spacial score (nSPS) is 10.0. The molecule has 0 radical (unpaired) electrons. The Bertz CT molecular complexity index is 999. The Labute approximate surface area is 162 Å². The lowest BCUT2D eigenvalue weighted by molar-refractivity contribution is -0.114. The van der Waals surface area contributed by atoms with Crippen molar-refractivity contribution in [3.05, 3.63) is 90.0 Å². The van der Waals surface area contributed by atoms with Crippen LogP contribution < -0.4 is 15.4 Å². The SMILES string of the molecule is CC(=O)Nc1cccc(C(=O)Oc2ccc(NC(=O)c3ccccc3)cc2)c1. The van der Waals surface area contributed by atoms with Gasteiger partial charge in [0, 0.05) is 23.9 Å². The molecule has 0 saturated heterocycles. The van der Waals surface area contributed by atoms with Gasteiger partial charge in [-0.15, -0.1) is 0 Å². The summed E-state index contributed by atoms with van der Waals surface area (Å²) in [6.45, 7) is 1.39. The number of anilines is 2. The molecule has 3 aromatic rings. The highest BCUT2D eigenvalue weighted by atomic mass is 16.5. The van der Waals surface area contributed by atoms with E-state index in [0.29, 0.717) is 28.3 Å². The number of hydrogen-bond acceptors (Lipinski definition) is 4. The lowest BCUT2D eigenvalue weighted by Gasteiger charge is -2.08. The van der Waals surface area contributed by atoms with Crippen molar-refractivity contribution in [1.82, 2.24) is 0 Å². The maximum atomic E-state index is 12.3. The van der Waals surface area contributed by atoms with Gasteiger partial charge in [-0.3, -0.25) is 9.59 Å². The molecule has 0 bridgehead atoms. The van der Waals surface area contributed by atoms with Crippen LogP contribution in [0.25, 0.3) is 0 Å². The van der Waals surface area contributed by atoms with Gasteiger partial charge in [-0.1, -0.05) is 24.3 Å². The van der Waals surface area contributed by atoms with E-state index in [-0.39, 0.29) is 11.8 Å². The summed E-state index contributed by atoms with van der Waals surface area (Å²) in [4.78, 5) is 35.6. The Morgan fingerprint density at radius 3 is 2.07 bits per heavy atom. The van der Waals surface area contributed by atoms with E-state index < -0.39 is 5.97 Å².